The number of ether oxygens (including phenoxy) is 4. The molecule has 0 saturated heterocycles. The third-order valence-electron chi connectivity index (χ3n) is 17.1. The Hall–Kier alpha value is -2.75. The first kappa shape index (κ1) is 84.2. The van der Waals surface area contributed by atoms with Gasteiger partial charge in [-0.05, 0) is 51.4 Å². The highest BCUT2D eigenvalue weighted by molar-refractivity contribution is 5.70. The van der Waals surface area contributed by atoms with Crippen LogP contribution in [0, 0.1) is 0 Å². The third kappa shape index (κ3) is 70.6. The van der Waals surface area contributed by atoms with Crippen LogP contribution in [0.2, 0.25) is 0 Å². The van der Waals surface area contributed by atoms with E-state index in [-0.39, 0.29) is 32.2 Å². The van der Waals surface area contributed by atoms with Gasteiger partial charge in [0.2, 0.25) is 0 Å². The Morgan fingerprint density at radius 3 is 0.977 bits per heavy atom. The molecule has 0 fully saturated rings. The first-order valence-electron chi connectivity index (χ1n) is 37.8. The molecule has 9 heteroatoms. The molecule has 0 N–H and O–H groups in total. The standard InChI is InChI=1S/C78H145NO8/c1-6-8-10-12-14-16-18-20-22-24-26-28-30-32-34-36-38-40-42-44-46-48-50-52-54-56-58-60-62-64-66-68-75(80)85-72-74(73-86-78(77(82)83)84-71-70-79(3,4)5)87-76(81)69-67-65-63-61-59-57-55-53-51-49-47-45-43-41-39-37-35-33-31-29-27-25-23-21-19-17-15-13-11-9-7-2/h9,11,15,17,21,23,27,29,74,78H,6-8,10,12-14,16,18-20,22,24-26,28,30-73H2,1-5H3/b11-9-,17-15-,23-21-,29-27-. The van der Waals surface area contributed by atoms with Crippen molar-refractivity contribution in [3.05, 3.63) is 48.6 Å². The van der Waals surface area contributed by atoms with Crippen molar-refractivity contribution in [2.75, 3.05) is 47.5 Å². The maximum absolute atomic E-state index is 13.0. The summed E-state index contributed by atoms with van der Waals surface area (Å²) in [5.74, 6) is -2.25. The predicted octanol–water partition coefficient (Wildman–Crippen LogP) is 22.4. The van der Waals surface area contributed by atoms with E-state index in [2.05, 4.69) is 62.5 Å². The molecule has 0 aliphatic heterocycles. The summed E-state index contributed by atoms with van der Waals surface area (Å²) in [4.78, 5) is 37.6. The molecule has 510 valence electrons. The summed E-state index contributed by atoms with van der Waals surface area (Å²) >= 11 is 0. The highest BCUT2D eigenvalue weighted by Gasteiger charge is 2.22. The Bertz CT molecular complexity index is 1570. The molecule has 0 radical (unpaired) electrons. The van der Waals surface area contributed by atoms with Gasteiger partial charge in [-0.3, -0.25) is 9.59 Å². The van der Waals surface area contributed by atoms with Crippen LogP contribution < -0.4 is 5.11 Å². The molecule has 0 rings (SSSR count). The topological polar surface area (TPSA) is 111 Å². The van der Waals surface area contributed by atoms with Crippen LogP contribution in [0.4, 0.5) is 0 Å². The molecule has 2 unspecified atom stereocenters. The average Bonchev–Trinajstić information content (AvgIpc) is 3.56. The van der Waals surface area contributed by atoms with Crippen LogP contribution in [0.15, 0.2) is 48.6 Å². The molecule has 87 heavy (non-hydrogen) atoms. The molecule has 9 nitrogen and oxygen atoms in total. The van der Waals surface area contributed by atoms with Crippen LogP contribution >= 0.6 is 0 Å². The normalized spacial score (nSPS) is 12.9. The number of carbonyl (C=O) groups is 3. The molecule has 2 atom stereocenters. The fourth-order valence-electron chi connectivity index (χ4n) is 11.4. The first-order chi connectivity index (χ1) is 42.6. The van der Waals surface area contributed by atoms with Crippen LogP contribution in [0.5, 0.6) is 0 Å². The van der Waals surface area contributed by atoms with Gasteiger partial charge in [-0.15, -0.1) is 0 Å². The van der Waals surface area contributed by atoms with Gasteiger partial charge in [0.25, 0.3) is 0 Å². The predicted molar refractivity (Wildman–Crippen MR) is 371 cm³/mol. The van der Waals surface area contributed by atoms with Gasteiger partial charge in [-0.25, -0.2) is 0 Å². The molecule has 0 saturated carbocycles. The lowest BCUT2D eigenvalue weighted by Gasteiger charge is -2.26. The Kier molecular flexibility index (Phi) is 67.0. The average molecular weight is 1230 g/mol. The summed E-state index contributed by atoms with van der Waals surface area (Å²) in [5, 5.41) is 11.8. The summed E-state index contributed by atoms with van der Waals surface area (Å²) < 4.78 is 22.9. The molecule has 0 spiro atoms. The van der Waals surface area contributed by atoms with Gasteiger partial charge < -0.3 is 33.3 Å². The highest BCUT2D eigenvalue weighted by Crippen LogP contribution is 2.19. The number of esters is 2. The largest absolute Gasteiger partial charge is 0.545 e. The van der Waals surface area contributed by atoms with Crippen molar-refractivity contribution in [3.8, 4) is 0 Å². The fourth-order valence-corrected chi connectivity index (χ4v) is 11.4. The molecule has 0 aromatic rings. The summed E-state index contributed by atoms with van der Waals surface area (Å²) in [5.41, 5.74) is 0. The maximum atomic E-state index is 13.0. The minimum Gasteiger partial charge on any atom is -0.545 e. The van der Waals surface area contributed by atoms with E-state index in [1.807, 2.05) is 21.1 Å². The molecule has 0 heterocycles. The molecular weight excluding hydrogens is 1080 g/mol. The Labute approximate surface area is 540 Å². The highest BCUT2D eigenvalue weighted by atomic mass is 16.7. The molecule has 0 aromatic carbocycles. The van der Waals surface area contributed by atoms with Gasteiger partial charge in [-0.2, -0.15) is 0 Å². The molecule has 0 bridgehead atoms. The van der Waals surface area contributed by atoms with E-state index in [0.29, 0.717) is 23.9 Å². The van der Waals surface area contributed by atoms with Crippen LogP contribution in [0.1, 0.15) is 373 Å². The summed E-state index contributed by atoms with van der Waals surface area (Å²) in [6.45, 7) is 4.71. The number of nitrogens with zero attached hydrogens (tertiary/aromatic N) is 1. The number of aliphatic carboxylic acids is 1. The van der Waals surface area contributed by atoms with Gasteiger partial charge >= 0.3 is 11.9 Å². The number of likely N-dealkylation sites (N-methyl/N-ethyl adjacent to an activating group) is 1. The number of carboxylic acids is 1. The second-order valence-electron chi connectivity index (χ2n) is 26.9. The number of allylic oxidation sites excluding steroid dienone is 8. The number of hydrogen-bond acceptors (Lipinski definition) is 8. The summed E-state index contributed by atoms with van der Waals surface area (Å²) in [6.07, 6.45) is 86.5. The number of carbonyl (C=O) groups excluding carboxylic acids is 3. The van der Waals surface area contributed by atoms with E-state index in [9.17, 15) is 19.5 Å². The van der Waals surface area contributed by atoms with Crippen LogP contribution in [0.25, 0.3) is 0 Å². The van der Waals surface area contributed by atoms with Crippen molar-refractivity contribution < 1.29 is 42.9 Å². The van der Waals surface area contributed by atoms with Gasteiger partial charge in [0, 0.05) is 12.8 Å². The monoisotopic (exact) mass is 1220 g/mol. The lowest BCUT2D eigenvalue weighted by molar-refractivity contribution is -0.870. The quantitative estimate of drug-likeness (QED) is 0.0195. The number of unbranched alkanes of at least 4 members (excludes halogenated alkanes) is 48. The molecule has 0 aromatic heterocycles. The maximum Gasteiger partial charge on any atom is 0.306 e. The molecule has 0 aliphatic carbocycles. The van der Waals surface area contributed by atoms with Gasteiger partial charge in [0.05, 0.1) is 40.3 Å². The van der Waals surface area contributed by atoms with Crippen molar-refractivity contribution in [1.82, 2.24) is 0 Å². The van der Waals surface area contributed by atoms with E-state index >= 15 is 0 Å². The van der Waals surface area contributed by atoms with E-state index in [0.717, 1.165) is 57.8 Å². The SMILES string of the molecule is CC/C=C\C/C=C\C/C=C\C/C=C\CCCCCCCCCCCCCCCCCCCCC(=O)OC(COC(=O)CCCCCCCCCCCCCCCCCCCCCCCCCCCCCCCCC)COC(OCC[N+](C)(C)C)C(=O)[O-]. The van der Waals surface area contributed by atoms with Crippen molar-refractivity contribution in [3.63, 3.8) is 0 Å². The molecular formula is C78H145NO8. The third-order valence-corrected chi connectivity index (χ3v) is 17.1. The lowest BCUT2D eigenvalue weighted by Crippen LogP contribution is -2.44. The number of hydrogen-bond donors (Lipinski definition) is 0. The first-order valence-corrected chi connectivity index (χ1v) is 37.8. The Morgan fingerprint density at radius 1 is 0.356 bits per heavy atom. The van der Waals surface area contributed by atoms with E-state index < -0.39 is 24.3 Å². The molecule has 0 aliphatic rings. The zero-order valence-corrected chi connectivity index (χ0v) is 58.4. The van der Waals surface area contributed by atoms with Crippen molar-refractivity contribution in [2.24, 2.45) is 0 Å². The van der Waals surface area contributed by atoms with Crippen molar-refractivity contribution >= 4 is 17.9 Å². The van der Waals surface area contributed by atoms with Gasteiger partial charge in [0.15, 0.2) is 12.4 Å². The fraction of sp³-hybridized carbons (Fsp3) is 0.859. The number of rotatable bonds is 71. The Morgan fingerprint density at radius 2 is 0.655 bits per heavy atom. The van der Waals surface area contributed by atoms with E-state index in [1.54, 1.807) is 0 Å². The number of carboxylic acid groups (broad SMARTS) is 1. The van der Waals surface area contributed by atoms with Crippen molar-refractivity contribution in [2.45, 2.75) is 386 Å². The lowest BCUT2D eigenvalue weighted by atomic mass is 10.0. The number of quaternary nitrogens is 1. The minimum absolute atomic E-state index is 0.150. The minimum atomic E-state index is -1.62. The van der Waals surface area contributed by atoms with Crippen LogP contribution in [-0.2, 0) is 33.3 Å². The second-order valence-corrected chi connectivity index (χ2v) is 26.9. The second kappa shape index (κ2) is 69.1. The summed E-state index contributed by atoms with van der Waals surface area (Å²) in [6, 6.07) is 0. The molecule has 0 amide bonds. The van der Waals surface area contributed by atoms with E-state index in [1.165, 1.54) is 283 Å². The van der Waals surface area contributed by atoms with Crippen molar-refractivity contribution in [1.29, 1.82) is 0 Å². The van der Waals surface area contributed by atoms with Gasteiger partial charge in [0.1, 0.15) is 13.2 Å². The zero-order valence-electron chi connectivity index (χ0n) is 58.4. The van der Waals surface area contributed by atoms with Gasteiger partial charge in [-0.1, -0.05) is 358 Å². The van der Waals surface area contributed by atoms with E-state index in [4.69, 9.17) is 18.9 Å². The van der Waals surface area contributed by atoms with Crippen LogP contribution in [-0.4, -0.2) is 82.3 Å². The van der Waals surface area contributed by atoms with Crippen LogP contribution in [0.3, 0.4) is 0 Å². The Balaban J connectivity index is 4.01. The summed E-state index contributed by atoms with van der Waals surface area (Å²) in [7, 11) is 5.95. The smallest absolute Gasteiger partial charge is 0.306 e. The zero-order chi connectivity index (χ0) is 63.3.